The van der Waals surface area contributed by atoms with Crippen molar-refractivity contribution in [1.29, 1.82) is 0 Å². The highest BCUT2D eigenvalue weighted by atomic mass is 79.9. The SMILES string of the molecule is CC1(C(=O)NC2CCCC2Br)CCCCC1. The van der Waals surface area contributed by atoms with Crippen LogP contribution in [0.5, 0.6) is 0 Å². The topological polar surface area (TPSA) is 29.1 Å². The van der Waals surface area contributed by atoms with E-state index in [9.17, 15) is 4.79 Å². The predicted octanol–water partition coefficient (Wildman–Crippen LogP) is 3.39. The van der Waals surface area contributed by atoms with Crippen molar-refractivity contribution in [3.05, 3.63) is 0 Å². The number of carbonyl (C=O) groups is 1. The maximum atomic E-state index is 12.3. The third kappa shape index (κ3) is 2.61. The second kappa shape index (κ2) is 5.07. The smallest absolute Gasteiger partial charge is 0.226 e. The first-order valence-corrected chi connectivity index (χ1v) is 7.48. The molecule has 0 radical (unpaired) electrons. The van der Waals surface area contributed by atoms with Gasteiger partial charge in [0.1, 0.15) is 0 Å². The molecule has 1 amide bonds. The van der Waals surface area contributed by atoms with Gasteiger partial charge in [0.15, 0.2) is 0 Å². The number of halogens is 1. The lowest BCUT2D eigenvalue weighted by molar-refractivity contribution is -0.132. The van der Waals surface area contributed by atoms with Crippen molar-refractivity contribution in [1.82, 2.24) is 5.32 Å². The normalized spacial score (nSPS) is 33.6. The van der Waals surface area contributed by atoms with Gasteiger partial charge >= 0.3 is 0 Å². The van der Waals surface area contributed by atoms with E-state index in [4.69, 9.17) is 0 Å². The summed E-state index contributed by atoms with van der Waals surface area (Å²) in [6.45, 7) is 2.14. The summed E-state index contributed by atoms with van der Waals surface area (Å²) in [6, 6.07) is 0.367. The van der Waals surface area contributed by atoms with Gasteiger partial charge in [-0.05, 0) is 25.7 Å². The number of alkyl halides is 1. The van der Waals surface area contributed by atoms with Crippen LogP contribution < -0.4 is 5.32 Å². The standard InChI is InChI=1S/C13H22BrNO/c1-13(8-3-2-4-9-13)12(16)15-11-7-5-6-10(11)14/h10-11H,2-9H2,1H3,(H,15,16). The van der Waals surface area contributed by atoms with Gasteiger partial charge in [0.25, 0.3) is 0 Å². The number of rotatable bonds is 2. The van der Waals surface area contributed by atoms with E-state index in [1.54, 1.807) is 0 Å². The lowest BCUT2D eigenvalue weighted by Crippen LogP contribution is -2.46. The van der Waals surface area contributed by atoms with E-state index >= 15 is 0 Å². The molecule has 0 aromatic carbocycles. The van der Waals surface area contributed by atoms with Crippen molar-refractivity contribution in [2.45, 2.75) is 69.2 Å². The highest BCUT2D eigenvalue weighted by Gasteiger charge is 2.37. The number of hydrogen-bond acceptors (Lipinski definition) is 1. The number of nitrogens with one attached hydrogen (secondary N) is 1. The molecule has 0 heterocycles. The fourth-order valence-corrected chi connectivity index (χ4v) is 3.70. The molecule has 2 aliphatic rings. The third-order valence-electron chi connectivity index (χ3n) is 4.25. The Morgan fingerprint density at radius 3 is 2.44 bits per heavy atom. The van der Waals surface area contributed by atoms with E-state index in [1.807, 2.05) is 0 Å². The van der Waals surface area contributed by atoms with E-state index in [-0.39, 0.29) is 5.41 Å². The van der Waals surface area contributed by atoms with Gasteiger partial charge in [-0.15, -0.1) is 0 Å². The van der Waals surface area contributed by atoms with Gasteiger partial charge in [-0.2, -0.15) is 0 Å². The van der Waals surface area contributed by atoms with Crippen LogP contribution in [0.25, 0.3) is 0 Å². The van der Waals surface area contributed by atoms with Crippen LogP contribution in [0.3, 0.4) is 0 Å². The Hall–Kier alpha value is -0.0500. The van der Waals surface area contributed by atoms with Gasteiger partial charge in [-0.1, -0.05) is 48.5 Å². The molecular weight excluding hydrogens is 266 g/mol. The molecule has 0 spiro atoms. The molecule has 2 fully saturated rings. The monoisotopic (exact) mass is 287 g/mol. The zero-order valence-electron chi connectivity index (χ0n) is 10.1. The molecule has 2 unspecified atom stereocenters. The Morgan fingerprint density at radius 1 is 1.19 bits per heavy atom. The van der Waals surface area contributed by atoms with Crippen LogP contribution in [0.1, 0.15) is 58.3 Å². The maximum Gasteiger partial charge on any atom is 0.226 e. The van der Waals surface area contributed by atoms with E-state index in [2.05, 4.69) is 28.2 Å². The highest BCUT2D eigenvalue weighted by Crippen LogP contribution is 2.36. The van der Waals surface area contributed by atoms with Crippen LogP contribution in [0.4, 0.5) is 0 Å². The molecular formula is C13H22BrNO. The molecule has 2 atom stereocenters. The van der Waals surface area contributed by atoms with Gasteiger partial charge in [0.05, 0.1) is 0 Å². The quantitative estimate of drug-likeness (QED) is 0.775. The van der Waals surface area contributed by atoms with E-state index < -0.39 is 0 Å². The molecule has 92 valence electrons. The van der Waals surface area contributed by atoms with Gasteiger partial charge in [-0.25, -0.2) is 0 Å². The summed E-state index contributed by atoms with van der Waals surface area (Å²) in [6.07, 6.45) is 9.43. The zero-order valence-corrected chi connectivity index (χ0v) is 11.7. The number of carbonyl (C=O) groups excluding carboxylic acids is 1. The molecule has 1 N–H and O–H groups in total. The van der Waals surface area contributed by atoms with Crippen molar-refractivity contribution < 1.29 is 4.79 Å². The Kier molecular flexibility index (Phi) is 3.93. The van der Waals surface area contributed by atoms with Crippen molar-refractivity contribution in [3.8, 4) is 0 Å². The molecule has 2 aliphatic carbocycles. The first-order chi connectivity index (χ1) is 7.62. The average Bonchev–Trinajstić information content (AvgIpc) is 2.65. The summed E-state index contributed by atoms with van der Waals surface area (Å²) in [5.41, 5.74) is -0.0897. The highest BCUT2D eigenvalue weighted by molar-refractivity contribution is 9.09. The van der Waals surface area contributed by atoms with Crippen LogP contribution in [0.2, 0.25) is 0 Å². The van der Waals surface area contributed by atoms with E-state index in [1.165, 1.54) is 32.1 Å². The largest absolute Gasteiger partial charge is 0.352 e. The Labute approximate surface area is 107 Å². The maximum absolute atomic E-state index is 12.3. The molecule has 0 aliphatic heterocycles. The molecule has 0 saturated heterocycles. The minimum atomic E-state index is -0.0897. The number of amides is 1. The molecule has 16 heavy (non-hydrogen) atoms. The van der Waals surface area contributed by atoms with Crippen LogP contribution >= 0.6 is 15.9 Å². The molecule has 2 saturated carbocycles. The first-order valence-electron chi connectivity index (χ1n) is 6.57. The molecule has 0 bridgehead atoms. The summed E-state index contributed by atoms with van der Waals surface area (Å²) in [7, 11) is 0. The Morgan fingerprint density at radius 2 is 1.88 bits per heavy atom. The second-order valence-electron chi connectivity index (χ2n) is 5.65. The van der Waals surface area contributed by atoms with Crippen molar-refractivity contribution >= 4 is 21.8 Å². The molecule has 2 rings (SSSR count). The summed E-state index contributed by atoms with van der Waals surface area (Å²) < 4.78 is 0. The van der Waals surface area contributed by atoms with Crippen LogP contribution in [-0.4, -0.2) is 16.8 Å². The van der Waals surface area contributed by atoms with Gasteiger partial charge in [0.2, 0.25) is 5.91 Å². The first kappa shape index (κ1) is 12.4. The molecule has 3 heteroatoms. The Balaban J connectivity index is 1.91. The predicted molar refractivity (Wildman–Crippen MR) is 69.7 cm³/mol. The molecule has 0 aromatic heterocycles. The zero-order chi connectivity index (χ0) is 11.6. The van der Waals surface area contributed by atoms with E-state index in [0.717, 1.165) is 19.3 Å². The van der Waals surface area contributed by atoms with Crippen LogP contribution in [-0.2, 0) is 4.79 Å². The fraction of sp³-hybridized carbons (Fsp3) is 0.923. The van der Waals surface area contributed by atoms with Crippen LogP contribution in [0.15, 0.2) is 0 Å². The number of hydrogen-bond donors (Lipinski definition) is 1. The fourth-order valence-electron chi connectivity index (χ4n) is 2.98. The summed E-state index contributed by atoms with van der Waals surface area (Å²) in [5, 5.41) is 3.25. The van der Waals surface area contributed by atoms with Crippen molar-refractivity contribution in [2.75, 3.05) is 0 Å². The van der Waals surface area contributed by atoms with Crippen LogP contribution in [0, 0.1) is 5.41 Å². The third-order valence-corrected chi connectivity index (χ3v) is 5.35. The minimum Gasteiger partial charge on any atom is -0.352 e. The van der Waals surface area contributed by atoms with Gasteiger partial charge < -0.3 is 5.32 Å². The lowest BCUT2D eigenvalue weighted by Gasteiger charge is -2.33. The lowest BCUT2D eigenvalue weighted by atomic mass is 9.75. The molecule has 0 aromatic rings. The average molecular weight is 288 g/mol. The summed E-state index contributed by atoms with van der Waals surface area (Å²) in [5.74, 6) is 0.295. The van der Waals surface area contributed by atoms with Crippen molar-refractivity contribution in [2.24, 2.45) is 5.41 Å². The molecule has 2 nitrogen and oxygen atoms in total. The Bertz CT molecular complexity index is 261. The minimum absolute atomic E-state index is 0.0897. The summed E-state index contributed by atoms with van der Waals surface area (Å²) >= 11 is 3.66. The van der Waals surface area contributed by atoms with Gasteiger partial charge in [0, 0.05) is 16.3 Å². The second-order valence-corrected chi connectivity index (χ2v) is 6.82. The van der Waals surface area contributed by atoms with Gasteiger partial charge in [-0.3, -0.25) is 4.79 Å². The summed E-state index contributed by atoms with van der Waals surface area (Å²) in [4.78, 5) is 12.8. The van der Waals surface area contributed by atoms with E-state index in [0.29, 0.717) is 16.8 Å². The van der Waals surface area contributed by atoms with Crippen molar-refractivity contribution in [3.63, 3.8) is 0 Å².